The normalized spacial score (nSPS) is 20.9. The zero-order valence-electron chi connectivity index (χ0n) is 10.8. The van der Waals surface area contributed by atoms with E-state index in [0.717, 1.165) is 18.1 Å². The second-order valence-electron chi connectivity index (χ2n) is 4.62. The number of hydrogen-bond acceptors (Lipinski definition) is 4. The number of thioether (sulfide) groups is 1. The largest absolute Gasteiger partial charge is 0.368 e. The lowest BCUT2D eigenvalue weighted by Gasteiger charge is -2.24. The molecule has 1 rings (SSSR count). The third kappa shape index (κ3) is 5.93. The number of hydrogen-bond donors (Lipinski definition) is 3. The van der Waals surface area contributed by atoms with Crippen LogP contribution in [-0.2, 0) is 9.59 Å². The van der Waals surface area contributed by atoms with Gasteiger partial charge in [-0.05, 0) is 5.92 Å². The van der Waals surface area contributed by atoms with Crippen molar-refractivity contribution in [2.45, 2.75) is 32.4 Å². The first-order valence-corrected chi connectivity index (χ1v) is 7.06. The van der Waals surface area contributed by atoms with Gasteiger partial charge in [-0.15, -0.1) is 12.4 Å². The molecule has 7 heteroatoms. The smallest absolute Gasteiger partial charge is 0.240 e. The third-order valence-electron chi connectivity index (χ3n) is 2.72. The predicted octanol–water partition coefficient (Wildman–Crippen LogP) is 0.129. The summed E-state index contributed by atoms with van der Waals surface area (Å²) in [7, 11) is 0. The average Bonchev–Trinajstić information content (AvgIpc) is 2.26. The number of nitrogens with one attached hydrogen (secondary N) is 2. The van der Waals surface area contributed by atoms with Gasteiger partial charge < -0.3 is 16.4 Å². The Balaban J connectivity index is 0.00000289. The molecule has 1 aliphatic heterocycles. The molecule has 4 N–H and O–H groups in total. The van der Waals surface area contributed by atoms with Crippen molar-refractivity contribution in [2.24, 2.45) is 11.7 Å². The van der Waals surface area contributed by atoms with E-state index < -0.39 is 11.9 Å². The van der Waals surface area contributed by atoms with Crippen molar-refractivity contribution in [3.63, 3.8) is 0 Å². The van der Waals surface area contributed by atoms with Crippen molar-refractivity contribution < 1.29 is 9.59 Å². The standard InChI is InChI=1S/C11H21N3O2S.ClH/c1-7(2)10(11(12)16)14-9(15)5-8-6-17-4-3-13-8;/h7-8,10,13H,3-6H2,1-2H3,(H2,12,16)(H,14,15);1H. The highest BCUT2D eigenvalue weighted by Gasteiger charge is 2.23. The molecular formula is C11H22ClN3O2S. The zero-order chi connectivity index (χ0) is 12.8. The van der Waals surface area contributed by atoms with Crippen LogP contribution in [0.1, 0.15) is 20.3 Å². The summed E-state index contributed by atoms with van der Waals surface area (Å²) in [4.78, 5) is 22.9. The summed E-state index contributed by atoms with van der Waals surface area (Å²) in [6.07, 6.45) is 0.406. The highest BCUT2D eigenvalue weighted by Crippen LogP contribution is 2.10. The number of carbonyl (C=O) groups excluding carboxylic acids is 2. The first-order chi connectivity index (χ1) is 8.00. The van der Waals surface area contributed by atoms with Crippen LogP contribution >= 0.6 is 24.2 Å². The summed E-state index contributed by atoms with van der Waals surface area (Å²) in [5.74, 6) is 1.47. The quantitative estimate of drug-likeness (QED) is 0.673. The minimum absolute atomic E-state index is 0. The van der Waals surface area contributed by atoms with E-state index in [4.69, 9.17) is 5.73 Å². The van der Waals surface area contributed by atoms with Crippen molar-refractivity contribution in [3.05, 3.63) is 0 Å². The molecule has 2 unspecified atom stereocenters. The Morgan fingerprint density at radius 3 is 2.61 bits per heavy atom. The molecule has 1 heterocycles. The van der Waals surface area contributed by atoms with Crippen LogP contribution in [0.3, 0.4) is 0 Å². The van der Waals surface area contributed by atoms with Crippen LogP contribution in [0, 0.1) is 5.92 Å². The molecule has 0 aromatic rings. The molecule has 0 radical (unpaired) electrons. The van der Waals surface area contributed by atoms with Crippen LogP contribution in [0.5, 0.6) is 0 Å². The van der Waals surface area contributed by atoms with Crippen molar-refractivity contribution in [2.75, 3.05) is 18.1 Å². The van der Waals surface area contributed by atoms with Gasteiger partial charge >= 0.3 is 0 Å². The van der Waals surface area contributed by atoms with Crippen molar-refractivity contribution >= 4 is 36.0 Å². The van der Waals surface area contributed by atoms with Gasteiger partial charge in [0.05, 0.1) is 0 Å². The van der Waals surface area contributed by atoms with E-state index in [-0.39, 0.29) is 30.3 Å². The van der Waals surface area contributed by atoms with E-state index in [1.807, 2.05) is 25.6 Å². The molecule has 18 heavy (non-hydrogen) atoms. The van der Waals surface area contributed by atoms with Gasteiger partial charge in [-0.2, -0.15) is 11.8 Å². The first kappa shape index (κ1) is 17.5. The molecule has 2 amide bonds. The predicted molar refractivity (Wildman–Crippen MR) is 76.9 cm³/mol. The molecule has 1 saturated heterocycles. The van der Waals surface area contributed by atoms with Gasteiger partial charge in [0.25, 0.3) is 0 Å². The van der Waals surface area contributed by atoms with Crippen molar-refractivity contribution in [3.8, 4) is 0 Å². The molecule has 5 nitrogen and oxygen atoms in total. The van der Waals surface area contributed by atoms with Crippen molar-refractivity contribution in [1.82, 2.24) is 10.6 Å². The fourth-order valence-electron chi connectivity index (χ4n) is 1.77. The third-order valence-corrected chi connectivity index (χ3v) is 3.85. The van der Waals surface area contributed by atoms with Crippen LogP contribution in [0.15, 0.2) is 0 Å². The average molecular weight is 296 g/mol. The number of halogens is 1. The highest BCUT2D eigenvalue weighted by molar-refractivity contribution is 7.99. The Morgan fingerprint density at radius 1 is 1.50 bits per heavy atom. The van der Waals surface area contributed by atoms with Crippen LogP contribution in [0.25, 0.3) is 0 Å². The van der Waals surface area contributed by atoms with E-state index in [9.17, 15) is 9.59 Å². The van der Waals surface area contributed by atoms with Gasteiger partial charge in [0.15, 0.2) is 0 Å². The molecule has 0 aromatic heterocycles. The first-order valence-electron chi connectivity index (χ1n) is 5.90. The van der Waals surface area contributed by atoms with Gasteiger partial charge in [0, 0.05) is 30.5 Å². The Labute approximate surface area is 118 Å². The fraction of sp³-hybridized carbons (Fsp3) is 0.818. The Kier molecular flexibility index (Phi) is 8.39. The van der Waals surface area contributed by atoms with E-state index in [2.05, 4.69) is 10.6 Å². The molecule has 0 spiro atoms. The summed E-state index contributed by atoms with van der Waals surface area (Å²) in [6, 6.07) is -0.367. The summed E-state index contributed by atoms with van der Waals surface area (Å²) in [5.41, 5.74) is 5.25. The van der Waals surface area contributed by atoms with Crippen LogP contribution in [0.4, 0.5) is 0 Å². The number of primary amides is 1. The van der Waals surface area contributed by atoms with Gasteiger partial charge in [0.2, 0.25) is 11.8 Å². The van der Waals surface area contributed by atoms with E-state index in [1.54, 1.807) is 0 Å². The Hall–Kier alpha value is -0.460. The lowest BCUT2D eigenvalue weighted by atomic mass is 10.0. The maximum atomic E-state index is 11.8. The van der Waals surface area contributed by atoms with Crippen LogP contribution in [0.2, 0.25) is 0 Å². The molecule has 0 aliphatic carbocycles. The second-order valence-corrected chi connectivity index (χ2v) is 5.77. The van der Waals surface area contributed by atoms with Crippen LogP contribution < -0.4 is 16.4 Å². The van der Waals surface area contributed by atoms with E-state index in [0.29, 0.717) is 6.42 Å². The topological polar surface area (TPSA) is 84.2 Å². The highest BCUT2D eigenvalue weighted by atomic mass is 35.5. The summed E-state index contributed by atoms with van der Waals surface area (Å²) >= 11 is 1.84. The Morgan fingerprint density at radius 2 is 2.17 bits per heavy atom. The summed E-state index contributed by atoms with van der Waals surface area (Å²) in [6.45, 7) is 4.67. The van der Waals surface area contributed by atoms with E-state index in [1.165, 1.54) is 0 Å². The second kappa shape index (κ2) is 8.61. The van der Waals surface area contributed by atoms with Crippen LogP contribution in [-0.4, -0.2) is 41.9 Å². The molecule has 106 valence electrons. The number of carbonyl (C=O) groups is 2. The molecule has 0 bridgehead atoms. The van der Waals surface area contributed by atoms with Gasteiger partial charge in [-0.25, -0.2) is 0 Å². The number of rotatable bonds is 5. The summed E-state index contributed by atoms with van der Waals surface area (Å²) in [5, 5.41) is 5.98. The lowest BCUT2D eigenvalue weighted by molar-refractivity contribution is -0.128. The molecule has 2 atom stereocenters. The van der Waals surface area contributed by atoms with E-state index >= 15 is 0 Å². The molecule has 1 aliphatic rings. The molecular weight excluding hydrogens is 274 g/mol. The number of nitrogens with two attached hydrogens (primary N) is 1. The maximum Gasteiger partial charge on any atom is 0.240 e. The minimum Gasteiger partial charge on any atom is -0.368 e. The monoisotopic (exact) mass is 295 g/mol. The van der Waals surface area contributed by atoms with Gasteiger partial charge in [-0.3, -0.25) is 9.59 Å². The number of amides is 2. The molecule has 0 aromatic carbocycles. The Bertz CT molecular complexity index is 283. The van der Waals surface area contributed by atoms with Gasteiger partial charge in [0.1, 0.15) is 6.04 Å². The zero-order valence-corrected chi connectivity index (χ0v) is 12.4. The molecule has 0 saturated carbocycles. The SMILES string of the molecule is CC(C)C(NC(=O)CC1CSCCN1)C(N)=O.Cl. The lowest BCUT2D eigenvalue weighted by Crippen LogP contribution is -2.50. The fourth-order valence-corrected chi connectivity index (χ4v) is 2.72. The van der Waals surface area contributed by atoms with Gasteiger partial charge in [-0.1, -0.05) is 13.8 Å². The minimum atomic E-state index is -0.571. The summed E-state index contributed by atoms with van der Waals surface area (Å²) < 4.78 is 0. The maximum absolute atomic E-state index is 11.8. The van der Waals surface area contributed by atoms with Crippen molar-refractivity contribution in [1.29, 1.82) is 0 Å². The molecule has 1 fully saturated rings.